The van der Waals surface area contributed by atoms with Crippen LogP contribution in [0.1, 0.15) is 11.1 Å². The summed E-state index contributed by atoms with van der Waals surface area (Å²) >= 11 is 0. The van der Waals surface area contributed by atoms with Gasteiger partial charge in [0, 0.05) is 27.3 Å². The fraction of sp³-hybridized carbons (Fsp3) is 0.533. The van der Waals surface area contributed by atoms with Crippen molar-refractivity contribution in [3.05, 3.63) is 35.4 Å². The van der Waals surface area contributed by atoms with Gasteiger partial charge in [-0.05, 0) is 11.1 Å². The second-order valence-corrected chi connectivity index (χ2v) is 4.47. The molecule has 1 aromatic rings. The van der Waals surface area contributed by atoms with Gasteiger partial charge in [-0.25, -0.2) is 0 Å². The highest BCUT2D eigenvalue weighted by Crippen LogP contribution is 2.10. The molecule has 1 aromatic carbocycles. The van der Waals surface area contributed by atoms with E-state index in [9.17, 15) is 4.79 Å². The average molecular weight is 281 g/mol. The number of hydrogen-bond acceptors (Lipinski definition) is 5. The van der Waals surface area contributed by atoms with Crippen LogP contribution < -0.4 is 5.32 Å². The van der Waals surface area contributed by atoms with Crippen LogP contribution in [0.4, 0.5) is 0 Å². The summed E-state index contributed by atoms with van der Waals surface area (Å²) in [5, 5.41) is 3.31. The molecule has 1 unspecified atom stereocenters. The van der Waals surface area contributed by atoms with E-state index in [-0.39, 0.29) is 12.1 Å². The van der Waals surface area contributed by atoms with Gasteiger partial charge in [0.25, 0.3) is 0 Å². The smallest absolute Gasteiger partial charge is 0.309 e. The summed E-state index contributed by atoms with van der Waals surface area (Å²) < 4.78 is 15.0. The molecule has 0 aliphatic carbocycles. The molecule has 1 atom stereocenters. The van der Waals surface area contributed by atoms with Crippen molar-refractivity contribution in [3.8, 4) is 0 Å². The average Bonchev–Trinajstić information content (AvgIpc) is 2.47. The van der Waals surface area contributed by atoms with Crippen LogP contribution in [-0.2, 0) is 32.0 Å². The van der Waals surface area contributed by atoms with Crippen molar-refractivity contribution in [1.82, 2.24) is 5.32 Å². The van der Waals surface area contributed by atoms with Gasteiger partial charge >= 0.3 is 5.97 Å². The third-order valence-corrected chi connectivity index (χ3v) is 3.05. The number of ether oxygens (including phenoxy) is 3. The van der Waals surface area contributed by atoms with E-state index in [1.807, 2.05) is 24.3 Å². The molecule has 5 heteroatoms. The van der Waals surface area contributed by atoms with Crippen LogP contribution in [0.5, 0.6) is 0 Å². The van der Waals surface area contributed by atoms with E-state index in [4.69, 9.17) is 14.2 Å². The Balaban J connectivity index is 2.52. The third-order valence-electron chi connectivity index (χ3n) is 3.05. The van der Waals surface area contributed by atoms with Crippen molar-refractivity contribution in [1.29, 1.82) is 0 Å². The second-order valence-electron chi connectivity index (χ2n) is 4.47. The molecule has 0 saturated carbocycles. The molecule has 0 aliphatic rings. The highest BCUT2D eigenvalue weighted by molar-refractivity contribution is 5.72. The zero-order valence-corrected chi connectivity index (χ0v) is 12.3. The first-order valence-electron chi connectivity index (χ1n) is 6.57. The minimum Gasteiger partial charge on any atom is -0.469 e. The number of esters is 1. The predicted octanol–water partition coefficient (Wildman–Crippen LogP) is 1.15. The van der Waals surface area contributed by atoms with Crippen LogP contribution in [-0.4, -0.2) is 46.6 Å². The standard InChI is InChI=1S/C15H23NO4/c1-18-11-14(19-2)10-16-9-13-7-5-4-6-12(13)8-15(17)20-3/h4-7,14,16H,8-11H2,1-3H3. The maximum absolute atomic E-state index is 11.4. The van der Waals surface area contributed by atoms with Gasteiger partial charge in [0.1, 0.15) is 0 Å². The van der Waals surface area contributed by atoms with E-state index in [2.05, 4.69) is 5.32 Å². The predicted molar refractivity (Wildman–Crippen MR) is 76.5 cm³/mol. The molecule has 0 amide bonds. The van der Waals surface area contributed by atoms with Crippen molar-refractivity contribution in [2.45, 2.75) is 19.1 Å². The van der Waals surface area contributed by atoms with Gasteiger partial charge in [0.05, 0.1) is 26.2 Å². The number of carbonyl (C=O) groups excluding carboxylic acids is 1. The summed E-state index contributed by atoms with van der Waals surface area (Å²) in [5.41, 5.74) is 2.07. The topological polar surface area (TPSA) is 56.8 Å². The maximum atomic E-state index is 11.4. The molecular weight excluding hydrogens is 258 g/mol. The molecule has 0 heterocycles. The molecule has 0 aromatic heterocycles. The minimum absolute atomic E-state index is 0.0211. The van der Waals surface area contributed by atoms with Gasteiger partial charge in [-0.15, -0.1) is 0 Å². The van der Waals surface area contributed by atoms with Crippen LogP contribution >= 0.6 is 0 Å². The highest BCUT2D eigenvalue weighted by Gasteiger charge is 2.09. The zero-order chi connectivity index (χ0) is 14.8. The van der Waals surface area contributed by atoms with Gasteiger partial charge in [-0.3, -0.25) is 4.79 Å². The van der Waals surface area contributed by atoms with E-state index >= 15 is 0 Å². The zero-order valence-electron chi connectivity index (χ0n) is 12.3. The van der Waals surface area contributed by atoms with Crippen molar-refractivity contribution in [2.75, 3.05) is 34.5 Å². The number of hydrogen-bond donors (Lipinski definition) is 1. The Bertz CT molecular complexity index is 409. The molecular formula is C15H23NO4. The van der Waals surface area contributed by atoms with Crippen LogP contribution in [0.2, 0.25) is 0 Å². The Kier molecular flexibility index (Phi) is 7.87. The molecule has 0 bridgehead atoms. The Morgan fingerprint density at radius 3 is 2.50 bits per heavy atom. The van der Waals surface area contributed by atoms with Gasteiger partial charge in [0.2, 0.25) is 0 Å². The second kappa shape index (κ2) is 9.47. The fourth-order valence-electron chi connectivity index (χ4n) is 1.89. The molecule has 1 rings (SSSR count). The summed E-state index contributed by atoms with van der Waals surface area (Å²) in [6.07, 6.45) is 0.313. The monoisotopic (exact) mass is 281 g/mol. The Morgan fingerprint density at radius 2 is 1.90 bits per heavy atom. The van der Waals surface area contributed by atoms with E-state index in [0.717, 1.165) is 11.1 Å². The van der Waals surface area contributed by atoms with Gasteiger partial charge in [-0.2, -0.15) is 0 Å². The first-order valence-corrected chi connectivity index (χ1v) is 6.57. The Hall–Kier alpha value is -1.43. The summed E-state index contributed by atoms with van der Waals surface area (Å²) in [6.45, 7) is 1.92. The van der Waals surface area contributed by atoms with Crippen molar-refractivity contribution < 1.29 is 19.0 Å². The number of nitrogens with one attached hydrogen (secondary N) is 1. The van der Waals surface area contributed by atoms with E-state index in [1.165, 1.54) is 7.11 Å². The summed E-state index contributed by atoms with van der Waals surface area (Å²) in [6, 6.07) is 7.83. The molecule has 0 saturated heterocycles. The molecule has 0 aliphatic heterocycles. The van der Waals surface area contributed by atoms with Crippen LogP contribution in [0, 0.1) is 0 Å². The van der Waals surface area contributed by atoms with E-state index in [1.54, 1.807) is 14.2 Å². The quantitative estimate of drug-likeness (QED) is 0.688. The van der Waals surface area contributed by atoms with Gasteiger partial charge in [0.15, 0.2) is 0 Å². The lowest BCUT2D eigenvalue weighted by atomic mass is 10.0. The van der Waals surface area contributed by atoms with Crippen molar-refractivity contribution >= 4 is 5.97 Å². The van der Waals surface area contributed by atoms with Gasteiger partial charge < -0.3 is 19.5 Å². The molecule has 20 heavy (non-hydrogen) atoms. The lowest BCUT2D eigenvalue weighted by Crippen LogP contribution is -2.31. The van der Waals surface area contributed by atoms with Crippen LogP contribution in [0.3, 0.4) is 0 Å². The number of benzene rings is 1. The Labute approximate surface area is 120 Å². The fourth-order valence-corrected chi connectivity index (χ4v) is 1.89. The number of methoxy groups -OCH3 is 3. The number of carbonyl (C=O) groups is 1. The lowest BCUT2D eigenvalue weighted by molar-refractivity contribution is -0.139. The van der Waals surface area contributed by atoms with Crippen molar-refractivity contribution in [2.24, 2.45) is 0 Å². The van der Waals surface area contributed by atoms with Crippen LogP contribution in [0.15, 0.2) is 24.3 Å². The van der Waals surface area contributed by atoms with Crippen LogP contribution in [0.25, 0.3) is 0 Å². The summed E-state index contributed by atoms with van der Waals surface area (Å²) in [4.78, 5) is 11.4. The van der Waals surface area contributed by atoms with Crippen molar-refractivity contribution in [3.63, 3.8) is 0 Å². The minimum atomic E-state index is -0.230. The molecule has 0 fully saturated rings. The van der Waals surface area contributed by atoms with E-state index in [0.29, 0.717) is 26.1 Å². The maximum Gasteiger partial charge on any atom is 0.309 e. The normalized spacial score (nSPS) is 12.2. The molecule has 0 spiro atoms. The third kappa shape index (κ3) is 5.69. The molecule has 112 valence electrons. The molecule has 1 N–H and O–H groups in total. The first-order chi connectivity index (χ1) is 9.71. The summed E-state index contributed by atoms with van der Waals surface area (Å²) in [7, 11) is 4.71. The SMILES string of the molecule is COCC(CNCc1ccccc1CC(=O)OC)OC. The van der Waals surface area contributed by atoms with E-state index < -0.39 is 0 Å². The largest absolute Gasteiger partial charge is 0.469 e. The molecule has 0 radical (unpaired) electrons. The number of rotatable bonds is 9. The first kappa shape index (κ1) is 16.6. The van der Waals surface area contributed by atoms with Gasteiger partial charge in [-0.1, -0.05) is 24.3 Å². The molecule has 5 nitrogen and oxygen atoms in total. The highest BCUT2D eigenvalue weighted by atomic mass is 16.5. The summed E-state index contributed by atoms with van der Waals surface area (Å²) in [5.74, 6) is -0.230. The lowest BCUT2D eigenvalue weighted by Gasteiger charge is -2.16. The Morgan fingerprint density at radius 1 is 1.20 bits per heavy atom.